The van der Waals surface area contributed by atoms with E-state index in [9.17, 15) is 9.18 Å². The highest BCUT2D eigenvalue weighted by atomic mass is 32.1. The third-order valence-electron chi connectivity index (χ3n) is 4.51. The first-order valence-corrected chi connectivity index (χ1v) is 9.58. The number of carbonyl (C=O) groups excluding carboxylic acids is 1. The van der Waals surface area contributed by atoms with Gasteiger partial charge in [-0.15, -0.1) is 11.3 Å². The molecule has 5 nitrogen and oxygen atoms in total. The Labute approximate surface area is 157 Å². The number of thiophene rings is 1. The number of carbonyl (C=O) groups is 1. The predicted molar refractivity (Wildman–Crippen MR) is 101 cm³/mol. The molecule has 26 heavy (non-hydrogen) atoms. The highest BCUT2D eigenvalue weighted by Gasteiger charge is 2.20. The molecule has 0 saturated carbocycles. The minimum atomic E-state index is -0.248. The monoisotopic (exact) mass is 377 g/mol. The summed E-state index contributed by atoms with van der Waals surface area (Å²) < 4.78 is 18.8. The van der Waals surface area contributed by atoms with Gasteiger partial charge >= 0.3 is 0 Å². The van der Waals surface area contributed by atoms with Crippen LogP contribution < -0.4 is 10.1 Å². The summed E-state index contributed by atoms with van der Waals surface area (Å²) in [6.07, 6.45) is 0. The van der Waals surface area contributed by atoms with Crippen molar-refractivity contribution in [2.24, 2.45) is 0 Å². The highest BCUT2D eigenvalue weighted by Crippen LogP contribution is 2.21. The van der Waals surface area contributed by atoms with Crippen molar-refractivity contribution < 1.29 is 13.9 Å². The van der Waals surface area contributed by atoms with Crippen LogP contribution in [0.4, 0.5) is 4.39 Å². The molecule has 0 radical (unpaired) electrons. The van der Waals surface area contributed by atoms with Gasteiger partial charge in [-0.05, 0) is 29.6 Å². The van der Waals surface area contributed by atoms with Crippen molar-refractivity contribution in [1.82, 2.24) is 15.1 Å². The van der Waals surface area contributed by atoms with Crippen molar-refractivity contribution in [3.8, 4) is 5.75 Å². The third kappa shape index (κ3) is 5.27. The van der Waals surface area contributed by atoms with Gasteiger partial charge in [0.2, 0.25) is 5.91 Å². The maximum atomic E-state index is 13.5. The summed E-state index contributed by atoms with van der Waals surface area (Å²) in [6.45, 7) is 5.00. The molecular weight excluding hydrogens is 353 g/mol. The molecule has 0 spiro atoms. The summed E-state index contributed by atoms with van der Waals surface area (Å²) in [5.74, 6) is 0.516. The predicted octanol–water partition coefficient (Wildman–Crippen LogP) is 2.33. The summed E-state index contributed by atoms with van der Waals surface area (Å²) in [4.78, 5) is 17.7. The smallest absolute Gasteiger partial charge is 0.234 e. The number of hydrogen-bond donors (Lipinski definition) is 1. The summed E-state index contributed by atoms with van der Waals surface area (Å²) in [5.41, 5.74) is 0.856. The second-order valence-electron chi connectivity index (χ2n) is 6.36. The molecule has 1 N–H and O–H groups in total. The number of nitrogens with zero attached hydrogens (tertiary/aromatic N) is 2. The summed E-state index contributed by atoms with van der Waals surface area (Å²) >= 11 is 1.64. The lowest BCUT2D eigenvalue weighted by atomic mass is 10.1. The molecule has 0 atom stereocenters. The third-order valence-corrected chi connectivity index (χ3v) is 5.38. The zero-order chi connectivity index (χ0) is 18.4. The fraction of sp³-hybridized carbons (Fsp3) is 0.421. The van der Waals surface area contributed by atoms with E-state index in [4.69, 9.17) is 4.74 Å². The number of amides is 1. The number of benzene rings is 1. The average molecular weight is 377 g/mol. The Hall–Kier alpha value is -1.96. The van der Waals surface area contributed by atoms with Crippen LogP contribution in [-0.2, 0) is 17.9 Å². The number of nitrogens with one attached hydrogen (secondary N) is 1. The zero-order valence-electron chi connectivity index (χ0n) is 14.9. The Kier molecular flexibility index (Phi) is 6.60. The molecular formula is C19H24FN3O2S. The minimum Gasteiger partial charge on any atom is -0.496 e. The van der Waals surface area contributed by atoms with Crippen LogP contribution >= 0.6 is 11.3 Å². The molecule has 1 aliphatic heterocycles. The second-order valence-corrected chi connectivity index (χ2v) is 7.40. The van der Waals surface area contributed by atoms with Gasteiger partial charge in [0.15, 0.2) is 0 Å². The fourth-order valence-electron chi connectivity index (χ4n) is 3.07. The van der Waals surface area contributed by atoms with E-state index in [1.165, 1.54) is 12.1 Å². The Morgan fingerprint density at radius 2 is 2.00 bits per heavy atom. The van der Waals surface area contributed by atoms with Gasteiger partial charge in [-0.2, -0.15) is 0 Å². The summed E-state index contributed by atoms with van der Waals surface area (Å²) in [6, 6.07) is 8.61. The van der Waals surface area contributed by atoms with Crippen LogP contribution in [0, 0.1) is 5.82 Å². The van der Waals surface area contributed by atoms with Crippen molar-refractivity contribution in [3.05, 3.63) is 52.0 Å². The lowest BCUT2D eigenvalue weighted by molar-refractivity contribution is -0.122. The number of rotatable bonds is 7. The molecule has 1 aromatic carbocycles. The lowest BCUT2D eigenvalue weighted by Gasteiger charge is -2.34. The van der Waals surface area contributed by atoms with E-state index in [-0.39, 0.29) is 11.7 Å². The lowest BCUT2D eigenvalue weighted by Crippen LogP contribution is -2.49. The largest absolute Gasteiger partial charge is 0.496 e. The Balaban J connectivity index is 1.42. The molecule has 1 aromatic heterocycles. The van der Waals surface area contributed by atoms with Crippen LogP contribution in [0.1, 0.15) is 10.4 Å². The number of methoxy groups -OCH3 is 1. The van der Waals surface area contributed by atoms with E-state index < -0.39 is 0 Å². The normalized spacial score (nSPS) is 15.8. The molecule has 1 saturated heterocycles. The topological polar surface area (TPSA) is 44.8 Å². The molecule has 0 unspecified atom stereocenters. The summed E-state index contributed by atoms with van der Waals surface area (Å²) in [5, 5.41) is 4.97. The van der Waals surface area contributed by atoms with E-state index in [1.54, 1.807) is 24.5 Å². The van der Waals surface area contributed by atoms with Gasteiger partial charge in [0, 0.05) is 43.2 Å². The summed E-state index contributed by atoms with van der Waals surface area (Å²) in [7, 11) is 1.60. The Morgan fingerprint density at radius 1 is 1.23 bits per heavy atom. The minimum absolute atomic E-state index is 0.0543. The van der Waals surface area contributed by atoms with E-state index in [0.29, 0.717) is 25.4 Å². The van der Waals surface area contributed by atoms with Crippen molar-refractivity contribution in [2.75, 3.05) is 39.8 Å². The quantitative estimate of drug-likeness (QED) is 0.804. The molecule has 2 aromatic rings. The molecule has 1 fully saturated rings. The maximum Gasteiger partial charge on any atom is 0.234 e. The van der Waals surface area contributed by atoms with Gasteiger partial charge < -0.3 is 10.1 Å². The number of ether oxygens (including phenoxy) is 1. The fourth-order valence-corrected chi connectivity index (χ4v) is 3.72. The molecule has 0 aliphatic carbocycles. The van der Waals surface area contributed by atoms with E-state index in [0.717, 1.165) is 36.6 Å². The first-order chi connectivity index (χ1) is 12.6. The van der Waals surface area contributed by atoms with Crippen LogP contribution in [0.5, 0.6) is 5.75 Å². The van der Waals surface area contributed by atoms with Crippen LogP contribution in [0.25, 0.3) is 0 Å². The number of halogens is 1. The van der Waals surface area contributed by atoms with Gasteiger partial charge in [0.05, 0.1) is 20.2 Å². The first-order valence-electron chi connectivity index (χ1n) is 8.70. The van der Waals surface area contributed by atoms with Gasteiger partial charge in [-0.25, -0.2) is 4.39 Å². The standard InChI is InChI=1S/C19H24FN3O2S/c1-25-18-5-4-16(20)11-15(18)13-22-6-8-23(9-7-22)14-19(24)21-12-17-3-2-10-26-17/h2-5,10-11H,6-9,12-14H2,1H3,(H,21,24). The molecule has 3 rings (SSSR count). The molecule has 2 heterocycles. The van der Waals surface area contributed by atoms with E-state index in [2.05, 4.69) is 15.1 Å². The Morgan fingerprint density at radius 3 is 2.69 bits per heavy atom. The van der Waals surface area contributed by atoms with Crippen LogP contribution in [0.15, 0.2) is 35.7 Å². The van der Waals surface area contributed by atoms with E-state index >= 15 is 0 Å². The van der Waals surface area contributed by atoms with Gasteiger partial charge in [-0.3, -0.25) is 14.6 Å². The Bertz CT molecular complexity index is 716. The molecule has 0 bridgehead atoms. The van der Waals surface area contributed by atoms with E-state index in [1.807, 2.05) is 17.5 Å². The second kappa shape index (κ2) is 9.12. The van der Waals surface area contributed by atoms with Crippen molar-refractivity contribution in [3.63, 3.8) is 0 Å². The first kappa shape index (κ1) is 18.8. The molecule has 1 aliphatic rings. The zero-order valence-corrected chi connectivity index (χ0v) is 15.7. The molecule has 140 valence electrons. The molecule has 7 heteroatoms. The molecule has 1 amide bonds. The van der Waals surface area contributed by atoms with Crippen molar-refractivity contribution in [2.45, 2.75) is 13.1 Å². The van der Waals surface area contributed by atoms with Gasteiger partial charge in [0.25, 0.3) is 0 Å². The van der Waals surface area contributed by atoms with Crippen LogP contribution in [-0.4, -0.2) is 55.5 Å². The van der Waals surface area contributed by atoms with Crippen molar-refractivity contribution in [1.29, 1.82) is 0 Å². The van der Waals surface area contributed by atoms with Crippen LogP contribution in [0.2, 0.25) is 0 Å². The van der Waals surface area contributed by atoms with Crippen LogP contribution in [0.3, 0.4) is 0 Å². The number of hydrogen-bond acceptors (Lipinski definition) is 5. The van der Waals surface area contributed by atoms with Gasteiger partial charge in [-0.1, -0.05) is 6.07 Å². The van der Waals surface area contributed by atoms with Crippen molar-refractivity contribution >= 4 is 17.2 Å². The highest BCUT2D eigenvalue weighted by molar-refractivity contribution is 7.09. The van der Waals surface area contributed by atoms with Gasteiger partial charge in [0.1, 0.15) is 11.6 Å². The SMILES string of the molecule is COc1ccc(F)cc1CN1CCN(CC(=O)NCc2cccs2)CC1. The average Bonchev–Trinajstić information content (AvgIpc) is 3.15. The number of piperazine rings is 1. The maximum absolute atomic E-state index is 13.5.